The summed E-state index contributed by atoms with van der Waals surface area (Å²) < 4.78 is 1.23. The van der Waals surface area contributed by atoms with Gasteiger partial charge in [-0.15, -0.1) is 0 Å². The first-order valence-corrected chi connectivity index (χ1v) is 7.91. The van der Waals surface area contributed by atoms with Crippen LogP contribution in [0.5, 0.6) is 0 Å². The van der Waals surface area contributed by atoms with Crippen LogP contribution in [-0.2, 0) is 0 Å². The van der Waals surface area contributed by atoms with Gasteiger partial charge >= 0.3 is 0 Å². The van der Waals surface area contributed by atoms with E-state index in [-0.39, 0.29) is 39.7 Å². The van der Waals surface area contributed by atoms with Crippen LogP contribution < -0.4 is 0 Å². The lowest BCUT2D eigenvalue weighted by Gasteiger charge is -2.10. The van der Waals surface area contributed by atoms with Crippen molar-refractivity contribution >= 4 is 17.2 Å². The normalized spacial score (nSPS) is 10.6. The summed E-state index contributed by atoms with van der Waals surface area (Å²) in [4.78, 5) is 34.0. The molecule has 0 unspecified atom stereocenters. The average molecular weight is 366 g/mol. The van der Waals surface area contributed by atoms with E-state index in [0.717, 1.165) is 0 Å². The highest BCUT2D eigenvalue weighted by Crippen LogP contribution is 2.37. The van der Waals surface area contributed by atoms with Gasteiger partial charge in [-0.05, 0) is 26.0 Å². The van der Waals surface area contributed by atoms with Crippen LogP contribution in [0, 0.1) is 27.2 Å². The summed E-state index contributed by atoms with van der Waals surface area (Å²) in [6.45, 7) is 2.91. The number of nitro groups is 2. The average Bonchev–Trinajstić information content (AvgIpc) is 2.98. The molecule has 3 aromatic rings. The fraction of sp³-hybridized carbons (Fsp3) is 0.111. The molecule has 0 aliphatic rings. The number of hydrogen-bond acceptors (Lipinski definition) is 6. The van der Waals surface area contributed by atoms with Crippen molar-refractivity contribution in [3.8, 4) is 16.9 Å². The third kappa shape index (κ3) is 3.06. The highest BCUT2D eigenvalue weighted by molar-refractivity contribution is 6.02. The van der Waals surface area contributed by atoms with Crippen molar-refractivity contribution in [3.63, 3.8) is 0 Å². The first kappa shape index (κ1) is 17.9. The van der Waals surface area contributed by atoms with Gasteiger partial charge in [-0.2, -0.15) is 5.10 Å². The molecule has 9 heteroatoms. The van der Waals surface area contributed by atoms with Crippen molar-refractivity contribution in [3.05, 3.63) is 80.0 Å². The van der Waals surface area contributed by atoms with E-state index in [1.807, 2.05) is 0 Å². The van der Waals surface area contributed by atoms with E-state index in [1.165, 1.54) is 48.0 Å². The maximum atomic E-state index is 12.2. The minimum absolute atomic E-state index is 0.117. The molecular weight excluding hydrogens is 352 g/mol. The zero-order valence-corrected chi connectivity index (χ0v) is 14.4. The van der Waals surface area contributed by atoms with Gasteiger partial charge in [-0.25, -0.2) is 4.68 Å². The second-order valence-corrected chi connectivity index (χ2v) is 5.80. The van der Waals surface area contributed by atoms with E-state index in [4.69, 9.17) is 0 Å². The predicted octanol–water partition coefficient (Wildman–Crippen LogP) is 3.87. The van der Waals surface area contributed by atoms with Gasteiger partial charge in [0.05, 0.1) is 32.4 Å². The number of aryl methyl sites for hydroxylation is 1. The molecule has 0 amide bonds. The number of carbonyl (C=O) groups is 1. The summed E-state index contributed by atoms with van der Waals surface area (Å²) in [7, 11) is 0. The van der Waals surface area contributed by atoms with Crippen molar-refractivity contribution in [2.75, 3.05) is 0 Å². The second kappa shape index (κ2) is 6.79. The second-order valence-electron chi connectivity index (χ2n) is 5.80. The van der Waals surface area contributed by atoms with Crippen molar-refractivity contribution < 1.29 is 14.6 Å². The lowest BCUT2D eigenvalue weighted by Crippen LogP contribution is -2.06. The Balaban J connectivity index is 2.44. The largest absolute Gasteiger partial charge is 0.294 e. The van der Waals surface area contributed by atoms with E-state index in [2.05, 4.69) is 5.10 Å². The lowest BCUT2D eigenvalue weighted by atomic mass is 10.0. The van der Waals surface area contributed by atoms with E-state index in [1.54, 1.807) is 19.1 Å². The fourth-order valence-electron chi connectivity index (χ4n) is 3.00. The minimum Gasteiger partial charge on any atom is -0.294 e. The number of para-hydroxylation sites is 3. The van der Waals surface area contributed by atoms with Crippen LogP contribution in [0.1, 0.15) is 23.0 Å². The zero-order valence-electron chi connectivity index (χ0n) is 14.4. The number of aromatic nitrogens is 2. The monoisotopic (exact) mass is 366 g/mol. The molecule has 0 N–H and O–H groups in total. The summed E-state index contributed by atoms with van der Waals surface area (Å²) in [5, 5.41) is 27.2. The zero-order chi connectivity index (χ0) is 19.7. The Hall–Kier alpha value is -3.88. The number of nitro benzene ring substituents is 2. The van der Waals surface area contributed by atoms with E-state index in [0.29, 0.717) is 5.69 Å². The van der Waals surface area contributed by atoms with Crippen LogP contribution in [0.25, 0.3) is 16.9 Å². The quantitative estimate of drug-likeness (QED) is 0.384. The molecule has 9 nitrogen and oxygen atoms in total. The Labute approximate surface area is 153 Å². The third-order valence-corrected chi connectivity index (χ3v) is 4.07. The number of hydrogen-bond donors (Lipinski definition) is 0. The standard InChI is InChI=1S/C18H14N4O5/c1-11-17(12(2)23)18(13-7-3-4-8-14(13)21(24)25)20(19-11)15-9-5-6-10-16(15)22(26)27/h3-10H,1-2H3. The topological polar surface area (TPSA) is 121 Å². The molecule has 0 saturated heterocycles. The Morgan fingerprint density at radius 2 is 1.52 bits per heavy atom. The SMILES string of the molecule is CC(=O)c1c(C)nn(-c2ccccc2[N+](=O)[O-])c1-c1ccccc1[N+](=O)[O-]. The number of rotatable bonds is 5. The molecule has 0 atom stereocenters. The van der Waals surface area contributed by atoms with Crippen LogP contribution in [-0.4, -0.2) is 25.4 Å². The molecule has 0 aliphatic carbocycles. The Kier molecular flexibility index (Phi) is 4.51. The van der Waals surface area contributed by atoms with Gasteiger partial charge in [0, 0.05) is 12.1 Å². The lowest BCUT2D eigenvalue weighted by molar-refractivity contribution is -0.384. The summed E-state index contributed by atoms with van der Waals surface area (Å²) in [5.74, 6) is -0.342. The van der Waals surface area contributed by atoms with Crippen molar-refractivity contribution in [2.24, 2.45) is 0 Å². The number of carbonyl (C=O) groups excluding carboxylic acids is 1. The van der Waals surface area contributed by atoms with Gasteiger partial charge in [0.25, 0.3) is 11.4 Å². The molecule has 1 heterocycles. The summed E-state index contributed by atoms with van der Waals surface area (Å²) in [6, 6.07) is 11.8. The summed E-state index contributed by atoms with van der Waals surface area (Å²) in [5.41, 5.74) is 0.491. The molecule has 0 spiro atoms. The third-order valence-electron chi connectivity index (χ3n) is 4.07. The molecule has 0 saturated carbocycles. The molecule has 136 valence electrons. The summed E-state index contributed by atoms with van der Waals surface area (Å²) in [6.07, 6.45) is 0. The van der Waals surface area contributed by atoms with Gasteiger partial charge in [0.2, 0.25) is 0 Å². The molecule has 3 rings (SSSR count). The van der Waals surface area contributed by atoms with Gasteiger partial charge in [0.1, 0.15) is 5.69 Å². The maximum absolute atomic E-state index is 12.2. The molecule has 2 aromatic carbocycles. The van der Waals surface area contributed by atoms with E-state index < -0.39 is 9.85 Å². The molecule has 27 heavy (non-hydrogen) atoms. The first-order chi connectivity index (χ1) is 12.8. The van der Waals surface area contributed by atoms with Crippen LogP contribution in [0.4, 0.5) is 11.4 Å². The van der Waals surface area contributed by atoms with Crippen LogP contribution in [0.15, 0.2) is 48.5 Å². The highest BCUT2D eigenvalue weighted by atomic mass is 16.6. The van der Waals surface area contributed by atoms with Gasteiger partial charge in [-0.1, -0.05) is 24.3 Å². The number of ketones is 1. The van der Waals surface area contributed by atoms with E-state index >= 15 is 0 Å². The Morgan fingerprint density at radius 1 is 0.963 bits per heavy atom. The van der Waals surface area contributed by atoms with E-state index in [9.17, 15) is 25.0 Å². The Bertz CT molecular complexity index is 1090. The molecular formula is C18H14N4O5. The van der Waals surface area contributed by atoms with Gasteiger partial charge < -0.3 is 0 Å². The number of benzene rings is 2. The Morgan fingerprint density at radius 3 is 2.11 bits per heavy atom. The van der Waals surface area contributed by atoms with Crippen LogP contribution >= 0.6 is 0 Å². The number of Topliss-reactive ketones (excluding diaryl/α,β-unsaturated/α-hetero) is 1. The highest BCUT2D eigenvalue weighted by Gasteiger charge is 2.29. The summed E-state index contributed by atoms with van der Waals surface area (Å²) >= 11 is 0. The van der Waals surface area contributed by atoms with Gasteiger partial charge in [-0.3, -0.25) is 25.0 Å². The van der Waals surface area contributed by atoms with Gasteiger partial charge in [0.15, 0.2) is 5.78 Å². The molecule has 0 fully saturated rings. The van der Waals surface area contributed by atoms with Crippen molar-refractivity contribution in [1.82, 2.24) is 9.78 Å². The predicted molar refractivity (Wildman–Crippen MR) is 97.1 cm³/mol. The van der Waals surface area contributed by atoms with Crippen molar-refractivity contribution in [2.45, 2.75) is 13.8 Å². The fourth-order valence-corrected chi connectivity index (χ4v) is 3.00. The van der Waals surface area contributed by atoms with Crippen molar-refractivity contribution in [1.29, 1.82) is 0 Å². The molecule has 0 bridgehead atoms. The smallest absolute Gasteiger partial charge is 0.294 e. The van der Waals surface area contributed by atoms with Crippen LogP contribution in [0.3, 0.4) is 0 Å². The molecule has 0 aliphatic heterocycles. The minimum atomic E-state index is -0.566. The number of nitrogens with zero attached hydrogens (tertiary/aromatic N) is 4. The molecule has 1 aromatic heterocycles. The van der Waals surface area contributed by atoms with Crippen LogP contribution in [0.2, 0.25) is 0 Å². The maximum Gasteiger partial charge on any atom is 0.294 e. The first-order valence-electron chi connectivity index (χ1n) is 7.91. The molecule has 0 radical (unpaired) electrons.